The minimum atomic E-state index is 0.259. The van der Waals surface area contributed by atoms with E-state index < -0.39 is 0 Å². The van der Waals surface area contributed by atoms with Gasteiger partial charge in [-0.15, -0.1) is 0 Å². The van der Waals surface area contributed by atoms with Crippen LogP contribution in [0.25, 0.3) is 0 Å². The Morgan fingerprint density at radius 1 is 1.40 bits per heavy atom. The Labute approximate surface area is 93.2 Å². The quantitative estimate of drug-likeness (QED) is 0.731. The second-order valence-electron chi connectivity index (χ2n) is 4.84. The Balaban J connectivity index is 2.31. The van der Waals surface area contributed by atoms with E-state index in [1.165, 1.54) is 19.3 Å². The molecule has 0 aliphatic heterocycles. The number of aliphatic hydroxyl groups is 1. The zero-order valence-electron chi connectivity index (χ0n) is 10.2. The summed E-state index contributed by atoms with van der Waals surface area (Å²) in [6.07, 6.45) is 5.21. The molecule has 3 nitrogen and oxygen atoms in total. The van der Waals surface area contributed by atoms with E-state index in [-0.39, 0.29) is 6.61 Å². The Kier molecular flexibility index (Phi) is 5.58. The first-order chi connectivity index (χ1) is 7.17. The van der Waals surface area contributed by atoms with Crippen LogP contribution in [0.4, 0.5) is 0 Å². The number of nitrogens with one attached hydrogen (secondary N) is 1. The second-order valence-corrected chi connectivity index (χ2v) is 4.84. The number of rotatable bonds is 5. The highest BCUT2D eigenvalue weighted by molar-refractivity contribution is 4.81. The summed E-state index contributed by atoms with van der Waals surface area (Å²) >= 11 is 0. The van der Waals surface area contributed by atoms with Crippen molar-refractivity contribution >= 4 is 0 Å². The first-order valence-corrected chi connectivity index (χ1v) is 6.07. The maximum Gasteiger partial charge on any atom is 0.0586 e. The smallest absolute Gasteiger partial charge is 0.0586 e. The van der Waals surface area contributed by atoms with Gasteiger partial charge in [-0.25, -0.2) is 0 Å². The molecule has 90 valence electrons. The van der Waals surface area contributed by atoms with Gasteiger partial charge < -0.3 is 15.2 Å². The van der Waals surface area contributed by atoms with Crippen LogP contribution in [-0.4, -0.2) is 37.0 Å². The average molecular weight is 215 g/mol. The molecule has 0 heterocycles. The maximum absolute atomic E-state index is 9.07. The summed E-state index contributed by atoms with van der Waals surface area (Å²) in [6.45, 7) is 4.49. The fraction of sp³-hybridized carbons (Fsp3) is 1.00. The van der Waals surface area contributed by atoms with Crippen molar-refractivity contribution in [3.63, 3.8) is 0 Å². The molecule has 1 rings (SSSR count). The topological polar surface area (TPSA) is 41.5 Å². The number of hydrogen-bond donors (Lipinski definition) is 2. The van der Waals surface area contributed by atoms with Crippen molar-refractivity contribution < 1.29 is 9.84 Å². The van der Waals surface area contributed by atoms with Gasteiger partial charge in [-0.05, 0) is 38.5 Å². The van der Waals surface area contributed by atoms with E-state index in [1.807, 2.05) is 0 Å². The van der Waals surface area contributed by atoms with Crippen LogP contribution in [0.1, 0.15) is 39.5 Å². The van der Waals surface area contributed by atoms with Gasteiger partial charge in [0.1, 0.15) is 0 Å². The van der Waals surface area contributed by atoms with Crippen molar-refractivity contribution in [3.05, 3.63) is 0 Å². The molecule has 1 fully saturated rings. The van der Waals surface area contributed by atoms with Gasteiger partial charge in [0.2, 0.25) is 0 Å². The lowest BCUT2D eigenvalue weighted by molar-refractivity contribution is 0.0549. The molecular formula is C12H25NO2. The number of hydrogen-bond acceptors (Lipinski definition) is 3. The lowest BCUT2D eigenvalue weighted by Crippen LogP contribution is -2.44. The summed E-state index contributed by atoms with van der Waals surface area (Å²) in [5.74, 6) is 0.327. The average Bonchev–Trinajstić information content (AvgIpc) is 2.28. The van der Waals surface area contributed by atoms with E-state index in [4.69, 9.17) is 9.84 Å². The Bertz CT molecular complexity index is 175. The van der Waals surface area contributed by atoms with Gasteiger partial charge in [-0.3, -0.25) is 0 Å². The van der Waals surface area contributed by atoms with Crippen LogP contribution in [0.2, 0.25) is 0 Å². The van der Waals surface area contributed by atoms with Crippen LogP contribution in [-0.2, 0) is 4.74 Å². The van der Waals surface area contributed by atoms with E-state index in [0.29, 0.717) is 24.1 Å². The van der Waals surface area contributed by atoms with Crippen LogP contribution >= 0.6 is 0 Å². The molecule has 0 aromatic carbocycles. The fourth-order valence-electron chi connectivity index (χ4n) is 2.20. The van der Waals surface area contributed by atoms with Crippen LogP contribution in [0.3, 0.4) is 0 Å². The molecule has 4 unspecified atom stereocenters. The lowest BCUT2D eigenvalue weighted by atomic mass is 9.91. The largest absolute Gasteiger partial charge is 0.396 e. The molecule has 0 radical (unpaired) electrons. The van der Waals surface area contributed by atoms with Crippen molar-refractivity contribution in [3.8, 4) is 0 Å². The molecule has 2 N–H and O–H groups in total. The van der Waals surface area contributed by atoms with E-state index in [9.17, 15) is 0 Å². The minimum Gasteiger partial charge on any atom is -0.396 e. The predicted molar refractivity (Wildman–Crippen MR) is 61.9 cm³/mol. The van der Waals surface area contributed by atoms with Crippen molar-refractivity contribution in [1.82, 2.24) is 5.32 Å². The molecule has 4 atom stereocenters. The van der Waals surface area contributed by atoms with Crippen molar-refractivity contribution in [2.75, 3.05) is 13.7 Å². The molecule has 15 heavy (non-hydrogen) atoms. The molecule has 3 heteroatoms. The highest BCUT2D eigenvalue weighted by atomic mass is 16.5. The fourth-order valence-corrected chi connectivity index (χ4v) is 2.20. The molecule has 1 aliphatic carbocycles. The Hall–Kier alpha value is -0.120. The number of ether oxygens (including phenoxy) is 1. The third-order valence-electron chi connectivity index (χ3n) is 3.60. The molecule has 0 amide bonds. The molecule has 0 aromatic rings. The lowest BCUT2D eigenvalue weighted by Gasteiger charge is -2.32. The van der Waals surface area contributed by atoms with Crippen LogP contribution in [0.5, 0.6) is 0 Å². The first-order valence-electron chi connectivity index (χ1n) is 6.07. The van der Waals surface area contributed by atoms with Crippen molar-refractivity contribution in [2.24, 2.45) is 5.92 Å². The monoisotopic (exact) mass is 215 g/mol. The molecule has 0 aromatic heterocycles. The Morgan fingerprint density at radius 2 is 2.13 bits per heavy atom. The highest BCUT2D eigenvalue weighted by Crippen LogP contribution is 2.21. The third-order valence-corrected chi connectivity index (χ3v) is 3.60. The molecule has 0 saturated heterocycles. The number of methoxy groups -OCH3 is 1. The molecule has 1 aliphatic rings. The molecular weight excluding hydrogens is 190 g/mol. The van der Waals surface area contributed by atoms with Gasteiger partial charge in [0.15, 0.2) is 0 Å². The van der Waals surface area contributed by atoms with Crippen LogP contribution in [0.15, 0.2) is 0 Å². The van der Waals surface area contributed by atoms with Crippen LogP contribution in [0, 0.1) is 5.92 Å². The summed E-state index contributed by atoms with van der Waals surface area (Å²) in [5.41, 5.74) is 0. The van der Waals surface area contributed by atoms with Gasteiger partial charge in [0, 0.05) is 25.8 Å². The zero-order chi connectivity index (χ0) is 11.3. The first kappa shape index (κ1) is 12.9. The summed E-state index contributed by atoms with van der Waals surface area (Å²) in [6, 6.07) is 0.948. The summed E-state index contributed by atoms with van der Waals surface area (Å²) in [4.78, 5) is 0. The minimum absolute atomic E-state index is 0.259. The van der Waals surface area contributed by atoms with Gasteiger partial charge in [0.05, 0.1) is 6.10 Å². The van der Waals surface area contributed by atoms with Crippen molar-refractivity contribution in [1.29, 1.82) is 0 Å². The highest BCUT2D eigenvalue weighted by Gasteiger charge is 2.23. The van der Waals surface area contributed by atoms with E-state index in [1.54, 1.807) is 7.11 Å². The van der Waals surface area contributed by atoms with Gasteiger partial charge in [-0.2, -0.15) is 0 Å². The van der Waals surface area contributed by atoms with E-state index >= 15 is 0 Å². The van der Waals surface area contributed by atoms with Gasteiger partial charge in [0.25, 0.3) is 0 Å². The maximum atomic E-state index is 9.07. The summed E-state index contributed by atoms with van der Waals surface area (Å²) in [7, 11) is 1.80. The zero-order valence-corrected chi connectivity index (χ0v) is 10.2. The number of aliphatic hydroxyl groups excluding tert-OH is 1. The SMILES string of the molecule is COC1CCCC(NC(C)C(C)CO)C1. The summed E-state index contributed by atoms with van der Waals surface area (Å²) < 4.78 is 5.40. The van der Waals surface area contributed by atoms with E-state index in [2.05, 4.69) is 19.2 Å². The van der Waals surface area contributed by atoms with Crippen LogP contribution < -0.4 is 5.32 Å². The van der Waals surface area contributed by atoms with Gasteiger partial charge in [-0.1, -0.05) is 6.92 Å². The van der Waals surface area contributed by atoms with Gasteiger partial charge >= 0.3 is 0 Å². The van der Waals surface area contributed by atoms with E-state index in [0.717, 1.165) is 6.42 Å². The molecule has 0 bridgehead atoms. The standard InChI is InChI=1S/C12H25NO2/c1-9(8-14)10(2)13-11-5-4-6-12(7-11)15-3/h9-14H,4-8H2,1-3H3. The predicted octanol–water partition coefficient (Wildman–Crippen LogP) is 1.55. The van der Waals surface area contributed by atoms with Crippen molar-refractivity contribution in [2.45, 2.75) is 57.7 Å². The second kappa shape index (κ2) is 6.46. The molecule has 0 spiro atoms. The normalized spacial score (nSPS) is 31.2. The third kappa shape index (κ3) is 4.09. The summed E-state index contributed by atoms with van der Waals surface area (Å²) in [5, 5.41) is 12.7. The Morgan fingerprint density at radius 3 is 2.73 bits per heavy atom. The molecule has 1 saturated carbocycles.